The second-order valence-electron chi connectivity index (χ2n) is 7.01. The minimum Gasteiger partial charge on any atom is -0.352 e. The van der Waals surface area contributed by atoms with Crippen LogP contribution in [0, 0.1) is 0 Å². The van der Waals surface area contributed by atoms with E-state index >= 15 is 0 Å². The van der Waals surface area contributed by atoms with Crippen molar-refractivity contribution < 1.29 is 26.3 Å². The normalized spacial score (nSPS) is 12.0. The summed E-state index contributed by atoms with van der Waals surface area (Å²) in [5, 5.41) is 8.27. The van der Waals surface area contributed by atoms with Gasteiger partial charge in [-0.15, -0.1) is 0 Å². The third-order valence-electron chi connectivity index (χ3n) is 3.95. The Balaban J connectivity index is 1.92. The standard InChI is InChI=1S/C20H18F6N6/c1-11(2)27-16-30-17(28-14-7-3-5-12(9-14)19(21,22)23)32-18(31-16)29-15-8-4-6-13(10-15)20(24,25)26/h3-11H,1-2H3,(H3,27,28,29,30,31,32). The van der Waals surface area contributed by atoms with Gasteiger partial charge in [-0.1, -0.05) is 12.1 Å². The average Bonchev–Trinajstić information content (AvgIpc) is 2.66. The van der Waals surface area contributed by atoms with Gasteiger partial charge in [0, 0.05) is 17.4 Å². The lowest BCUT2D eigenvalue weighted by Gasteiger charge is -2.14. The maximum Gasteiger partial charge on any atom is 0.416 e. The van der Waals surface area contributed by atoms with Crippen LogP contribution in [0.2, 0.25) is 0 Å². The van der Waals surface area contributed by atoms with Crippen molar-refractivity contribution in [3.63, 3.8) is 0 Å². The molecule has 0 fully saturated rings. The number of hydrogen-bond donors (Lipinski definition) is 3. The van der Waals surface area contributed by atoms with Crippen LogP contribution in [0.4, 0.5) is 55.6 Å². The van der Waals surface area contributed by atoms with Crippen LogP contribution in [-0.4, -0.2) is 21.0 Å². The smallest absolute Gasteiger partial charge is 0.352 e. The fourth-order valence-corrected chi connectivity index (χ4v) is 2.62. The Morgan fingerprint density at radius 2 is 1.06 bits per heavy atom. The molecule has 3 rings (SSSR count). The van der Waals surface area contributed by atoms with E-state index in [1.165, 1.54) is 24.3 Å². The molecule has 0 unspecified atom stereocenters. The molecule has 0 saturated heterocycles. The molecule has 0 aliphatic rings. The first kappa shape index (κ1) is 23.1. The minimum absolute atomic E-state index is 0.0755. The van der Waals surface area contributed by atoms with E-state index in [-0.39, 0.29) is 35.3 Å². The zero-order valence-corrected chi connectivity index (χ0v) is 16.8. The molecule has 0 spiro atoms. The van der Waals surface area contributed by atoms with Crippen molar-refractivity contribution in [2.45, 2.75) is 32.2 Å². The summed E-state index contributed by atoms with van der Waals surface area (Å²) in [6, 6.07) is 8.76. The summed E-state index contributed by atoms with van der Waals surface area (Å²) in [5.74, 6) is -0.118. The Morgan fingerprint density at radius 1 is 0.656 bits per heavy atom. The van der Waals surface area contributed by atoms with E-state index in [0.29, 0.717) is 0 Å². The second-order valence-corrected chi connectivity index (χ2v) is 7.01. The van der Waals surface area contributed by atoms with Crippen molar-refractivity contribution in [3.05, 3.63) is 59.7 Å². The topological polar surface area (TPSA) is 74.8 Å². The minimum atomic E-state index is -4.53. The van der Waals surface area contributed by atoms with Gasteiger partial charge in [0.05, 0.1) is 11.1 Å². The highest BCUT2D eigenvalue weighted by atomic mass is 19.4. The highest BCUT2D eigenvalue weighted by molar-refractivity contribution is 5.60. The highest BCUT2D eigenvalue weighted by Crippen LogP contribution is 2.32. The summed E-state index contributed by atoms with van der Waals surface area (Å²) in [7, 11) is 0. The molecule has 6 nitrogen and oxygen atoms in total. The molecular formula is C20H18F6N6. The Bertz CT molecular complexity index is 1000. The monoisotopic (exact) mass is 456 g/mol. The van der Waals surface area contributed by atoms with Crippen molar-refractivity contribution >= 4 is 29.2 Å². The van der Waals surface area contributed by atoms with E-state index in [9.17, 15) is 26.3 Å². The fraction of sp³-hybridized carbons (Fsp3) is 0.250. The first-order valence-corrected chi connectivity index (χ1v) is 9.31. The van der Waals surface area contributed by atoms with Crippen LogP contribution in [0.25, 0.3) is 0 Å². The van der Waals surface area contributed by atoms with Gasteiger partial charge in [0.2, 0.25) is 17.8 Å². The molecule has 0 saturated carbocycles. The van der Waals surface area contributed by atoms with Crippen molar-refractivity contribution in [1.82, 2.24) is 15.0 Å². The first-order valence-electron chi connectivity index (χ1n) is 9.31. The Labute approximate surface area is 179 Å². The van der Waals surface area contributed by atoms with E-state index < -0.39 is 23.5 Å². The molecule has 1 heterocycles. The van der Waals surface area contributed by atoms with Gasteiger partial charge < -0.3 is 16.0 Å². The third-order valence-corrected chi connectivity index (χ3v) is 3.95. The van der Waals surface area contributed by atoms with Gasteiger partial charge >= 0.3 is 12.4 Å². The van der Waals surface area contributed by atoms with Crippen LogP contribution in [0.15, 0.2) is 48.5 Å². The molecule has 3 N–H and O–H groups in total. The number of aromatic nitrogens is 3. The molecule has 32 heavy (non-hydrogen) atoms. The van der Waals surface area contributed by atoms with Crippen LogP contribution >= 0.6 is 0 Å². The number of alkyl halides is 6. The summed E-state index contributed by atoms with van der Waals surface area (Å²) in [6.07, 6.45) is -9.06. The molecule has 12 heteroatoms. The van der Waals surface area contributed by atoms with E-state index in [4.69, 9.17) is 0 Å². The van der Waals surface area contributed by atoms with Crippen molar-refractivity contribution in [2.24, 2.45) is 0 Å². The molecule has 0 bridgehead atoms. The second kappa shape index (κ2) is 8.89. The Kier molecular flexibility index (Phi) is 6.42. The predicted octanol–water partition coefficient (Wildman–Crippen LogP) is 6.22. The third kappa shape index (κ3) is 6.22. The Morgan fingerprint density at radius 3 is 1.44 bits per heavy atom. The number of benzene rings is 2. The molecule has 170 valence electrons. The predicted molar refractivity (Wildman–Crippen MR) is 108 cm³/mol. The van der Waals surface area contributed by atoms with E-state index in [0.717, 1.165) is 24.3 Å². The summed E-state index contributed by atoms with van der Waals surface area (Å²) in [4.78, 5) is 12.3. The average molecular weight is 456 g/mol. The SMILES string of the molecule is CC(C)Nc1nc(Nc2cccc(C(F)(F)F)c2)nc(Nc2cccc(C(F)(F)F)c2)n1. The largest absolute Gasteiger partial charge is 0.416 e. The first-order chi connectivity index (χ1) is 14.9. The number of anilines is 5. The van der Waals surface area contributed by atoms with Gasteiger partial charge in [-0.25, -0.2) is 0 Å². The van der Waals surface area contributed by atoms with Crippen LogP contribution in [0.5, 0.6) is 0 Å². The summed E-state index contributed by atoms with van der Waals surface area (Å²) >= 11 is 0. The van der Waals surface area contributed by atoms with Gasteiger partial charge in [0.1, 0.15) is 0 Å². The molecule has 0 aliphatic heterocycles. The maximum absolute atomic E-state index is 13.0. The number of nitrogens with one attached hydrogen (secondary N) is 3. The maximum atomic E-state index is 13.0. The molecule has 3 aromatic rings. The van der Waals surface area contributed by atoms with Gasteiger partial charge in [0.25, 0.3) is 0 Å². The van der Waals surface area contributed by atoms with Crippen LogP contribution < -0.4 is 16.0 Å². The molecular weight excluding hydrogens is 438 g/mol. The van der Waals surface area contributed by atoms with Crippen molar-refractivity contribution in [3.8, 4) is 0 Å². The Hall–Kier alpha value is -3.57. The van der Waals surface area contributed by atoms with E-state index in [2.05, 4.69) is 30.9 Å². The quantitative estimate of drug-likeness (QED) is 0.383. The highest BCUT2D eigenvalue weighted by Gasteiger charge is 2.31. The van der Waals surface area contributed by atoms with Crippen molar-refractivity contribution in [2.75, 3.05) is 16.0 Å². The van der Waals surface area contributed by atoms with Crippen molar-refractivity contribution in [1.29, 1.82) is 0 Å². The lowest BCUT2D eigenvalue weighted by atomic mass is 10.2. The van der Waals surface area contributed by atoms with E-state index in [1.807, 2.05) is 13.8 Å². The molecule has 2 aromatic carbocycles. The van der Waals surface area contributed by atoms with Gasteiger partial charge in [-0.05, 0) is 50.2 Å². The molecule has 0 atom stereocenters. The lowest BCUT2D eigenvalue weighted by Crippen LogP contribution is -2.15. The molecule has 1 aromatic heterocycles. The summed E-state index contributed by atoms with van der Waals surface area (Å²) in [6.45, 7) is 3.62. The molecule has 0 amide bonds. The number of hydrogen-bond acceptors (Lipinski definition) is 6. The van der Waals surface area contributed by atoms with Gasteiger partial charge in [-0.3, -0.25) is 0 Å². The number of nitrogens with zero attached hydrogens (tertiary/aromatic N) is 3. The fourth-order valence-electron chi connectivity index (χ4n) is 2.62. The van der Waals surface area contributed by atoms with Crippen LogP contribution in [0.1, 0.15) is 25.0 Å². The summed E-state index contributed by atoms with van der Waals surface area (Å²) < 4.78 is 77.8. The van der Waals surface area contributed by atoms with Gasteiger partial charge in [0.15, 0.2) is 0 Å². The number of rotatable bonds is 6. The lowest BCUT2D eigenvalue weighted by molar-refractivity contribution is -0.138. The van der Waals surface area contributed by atoms with Crippen LogP contribution in [0.3, 0.4) is 0 Å². The molecule has 0 aliphatic carbocycles. The summed E-state index contributed by atoms with van der Waals surface area (Å²) in [5.41, 5.74) is -1.57. The molecule has 0 radical (unpaired) electrons. The van der Waals surface area contributed by atoms with E-state index in [1.54, 1.807) is 0 Å². The van der Waals surface area contributed by atoms with Crippen LogP contribution in [-0.2, 0) is 12.4 Å². The van der Waals surface area contributed by atoms with Gasteiger partial charge in [-0.2, -0.15) is 41.3 Å². The zero-order chi connectivity index (χ0) is 23.5. The zero-order valence-electron chi connectivity index (χ0n) is 16.8. The number of halogens is 6.